The summed E-state index contributed by atoms with van der Waals surface area (Å²) in [6.45, 7) is 3.10. The zero-order valence-corrected chi connectivity index (χ0v) is 16.9. The van der Waals surface area contributed by atoms with Gasteiger partial charge in [0.15, 0.2) is 0 Å². The van der Waals surface area contributed by atoms with Gasteiger partial charge in [0.25, 0.3) is 0 Å². The number of likely N-dealkylation sites (tertiary alicyclic amines) is 1. The van der Waals surface area contributed by atoms with Gasteiger partial charge in [0.2, 0.25) is 5.91 Å². The first-order valence-electron chi connectivity index (χ1n) is 10.6. The Hall–Kier alpha value is -2.04. The molecule has 5 nitrogen and oxygen atoms in total. The van der Waals surface area contributed by atoms with E-state index in [1.807, 2.05) is 24.0 Å². The Labute approximate surface area is 167 Å². The van der Waals surface area contributed by atoms with Crippen molar-refractivity contribution in [2.75, 3.05) is 20.2 Å². The normalized spacial score (nSPS) is 34.4. The molecular weight excluding hydrogens is 354 g/mol. The molecule has 1 N–H and O–H groups in total. The van der Waals surface area contributed by atoms with E-state index in [-0.39, 0.29) is 23.2 Å². The minimum atomic E-state index is -0.731. The molecule has 1 aromatic rings. The number of carbonyl (C=O) groups excluding carboxylic acids is 1. The first kappa shape index (κ1) is 19.3. The van der Waals surface area contributed by atoms with Crippen LogP contribution in [0.4, 0.5) is 0 Å². The van der Waals surface area contributed by atoms with Crippen LogP contribution in [-0.4, -0.2) is 42.1 Å². The molecule has 0 aromatic heterocycles. The number of carboxylic acids is 1. The van der Waals surface area contributed by atoms with Crippen LogP contribution in [0, 0.1) is 29.1 Å². The highest BCUT2D eigenvalue weighted by atomic mass is 16.5. The summed E-state index contributed by atoms with van der Waals surface area (Å²) < 4.78 is 5.39. The molecule has 4 rings (SSSR count). The molecule has 3 aliphatic rings. The van der Waals surface area contributed by atoms with Gasteiger partial charge in [0, 0.05) is 13.1 Å². The molecule has 2 aliphatic carbocycles. The molecule has 3 fully saturated rings. The Kier molecular flexibility index (Phi) is 5.11. The summed E-state index contributed by atoms with van der Waals surface area (Å²) in [7, 11) is 1.67. The van der Waals surface area contributed by atoms with Crippen LogP contribution in [0.25, 0.3) is 0 Å². The third-order valence-corrected chi connectivity index (χ3v) is 7.56. The molecule has 1 amide bonds. The lowest BCUT2D eigenvalue weighted by molar-refractivity contribution is -0.154. The summed E-state index contributed by atoms with van der Waals surface area (Å²) in [5.74, 6) is 1.14. The molecular formula is C23H31NO4. The highest BCUT2D eigenvalue weighted by Gasteiger charge is 2.56. The van der Waals surface area contributed by atoms with Gasteiger partial charge in [-0.1, -0.05) is 25.5 Å². The van der Waals surface area contributed by atoms with E-state index < -0.39 is 5.97 Å². The van der Waals surface area contributed by atoms with E-state index in [2.05, 4.69) is 12.1 Å². The average molecular weight is 386 g/mol. The number of ether oxygens (including phenoxy) is 1. The van der Waals surface area contributed by atoms with Crippen LogP contribution in [-0.2, 0) is 16.0 Å². The van der Waals surface area contributed by atoms with Crippen molar-refractivity contribution in [1.29, 1.82) is 0 Å². The van der Waals surface area contributed by atoms with E-state index in [4.69, 9.17) is 4.74 Å². The first-order chi connectivity index (χ1) is 13.4. The number of aliphatic carboxylic acids is 1. The topological polar surface area (TPSA) is 66.8 Å². The van der Waals surface area contributed by atoms with Gasteiger partial charge >= 0.3 is 5.97 Å². The minimum Gasteiger partial charge on any atom is -0.497 e. The van der Waals surface area contributed by atoms with Crippen molar-refractivity contribution in [2.24, 2.45) is 29.1 Å². The van der Waals surface area contributed by atoms with Crippen molar-refractivity contribution in [3.8, 4) is 5.75 Å². The van der Waals surface area contributed by atoms with Crippen molar-refractivity contribution in [1.82, 2.24) is 4.90 Å². The SMILES string of the molecule is COc1cccc(CC2(C(=O)N3CCC(C(=O)O)C(C)C3)CC3CCC2C3)c1. The van der Waals surface area contributed by atoms with Gasteiger partial charge in [-0.25, -0.2) is 0 Å². The van der Waals surface area contributed by atoms with Crippen LogP contribution in [0.3, 0.4) is 0 Å². The summed E-state index contributed by atoms with van der Waals surface area (Å²) >= 11 is 0. The van der Waals surface area contributed by atoms with Crippen LogP contribution < -0.4 is 4.74 Å². The molecule has 2 saturated carbocycles. The predicted molar refractivity (Wildman–Crippen MR) is 106 cm³/mol. The Morgan fingerprint density at radius 1 is 1.29 bits per heavy atom. The van der Waals surface area contributed by atoms with Crippen molar-refractivity contribution in [3.63, 3.8) is 0 Å². The Bertz CT molecular complexity index is 763. The van der Waals surface area contributed by atoms with Gasteiger partial charge in [-0.3, -0.25) is 9.59 Å². The fourth-order valence-corrected chi connectivity index (χ4v) is 6.16. The van der Waals surface area contributed by atoms with Crippen molar-refractivity contribution in [3.05, 3.63) is 29.8 Å². The monoisotopic (exact) mass is 385 g/mol. The van der Waals surface area contributed by atoms with Gasteiger partial charge in [-0.15, -0.1) is 0 Å². The van der Waals surface area contributed by atoms with Gasteiger partial charge in [-0.2, -0.15) is 0 Å². The second-order valence-electron chi connectivity index (χ2n) is 9.23. The molecule has 152 valence electrons. The molecule has 1 aromatic carbocycles. The molecule has 2 bridgehead atoms. The third kappa shape index (κ3) is 3.29. The van der Waals surface area contributed by atoms with E-state index >= 15 is 0 Å². The highest BCUT2D eigenvalue weighted by Crippen LogP contribution is 2.58. The molecule has 5 atom stereocenters. The maximum absolute atomic E-state index is 13.8. The number of nitrogens with zero attached hydrogens (tertiary/aromatic N) is 1. The van der Waals surface area contributed by atoms with Crippen LogP contribution in [0.1, 0.15) is 44.6 Å². The quantitative estimate of drug-likeness (QED) is 0.841. The number of rotatable bonds is 5. The summed E-state index contributed by atoms with van der Waals surface area (Å²) in [6.07, 6.45) is 5.84. The summed E-state index contributed by atoms with van der Waals surface area (Å²) in [4.78, 5) is 27.3. The highest BCUT2D eigenvalue weighted by molar-refractivity contribution is 5.84. The lowest BCUT2D eigenvalue weighted by Crippen LogP contribution is -2.53. The second kappa shape index (κ2) is 7.41. The molecule has 1 aliphatic heterocycles. The lowest BCUT2D eigenvalue weighted by atomic mass is 9.68. The standard InChI is InChI=1S/C23H31NO4/c1-15-14-24(9-8-20(15)21(25)26)22(27)23(13-17-6-7-18(23)10-17)12-16-4-3-5-19(11-16)28-2/h3-5,11,15,17-18,20H,6-10,12-14H2,1-2H3,(H,25,26). The molecule has 5 heteroatoms. The fourth-order valence-electron chi connectivity index (χ4n) is 6.16. The van der Waals surface area contributed by atoms with E-state index in [0.717, 1.165) is 37.0 Å². The number of hydrogen-bond donors (Lipinski definition) is 1. The van der Waals surface area contributed by atoms with Crippen LogP contribution >= 0.6 is 0 Å². The van der Waals surface area contributed by atoms with Gasteiger partial charge in [0.05, 0.1) is 18.4 Å². The summed E-state index contributed by atoms with van der Waals surface area (Å²) in [5, 5.41) is 9.41. The van der Waals surface area contributed by atoms with E-state index in [1.165, 1.54) is 6.42 Å². The molecule has 0 radical (unpaired) electrons. The lowest BCUT2D eigenvalue weighted by Gasteiger charge is -2.44. The number of fused-ring (bicyclic) bond motifs is 2. The number of carbonyl (C=O) groups is 2. The van der Waals surface area contributed by atoms with E-state index in [1.54, 1.807) is 7.11 Å². The molecule has 1 heterocycles. The second-order valence-corrected chi connectivity index (χ2v) is 9.23. The zero-order valence-electron chi connectivity index (χ0n) is 16.9. The number of methoxy groups -OCH3 is 1. The maximum Gasteiger partial charge on any atom is 0.306 e. The predicted octanol–water partition coefficient (Wildman–Crippen LogP) is 3.61. The van der Waals surface area contributed by atoms with E-state index in [0.29, 0.717) is 31.3 Å². The molecule has 1 saturated heterocycles. The van der Waals surface area contributed by atoms with Crippen LogP contribution in [0.15, 0.2) is 24.3 Å². The largest absolute Gasteiger partial charge is 0.497 e. The summed E-state index contributed by atoms with van der Waals surface area (Å²) in [6, 6.07) is 8.10. The van der Waals surface area contributed by atoms with Gasteiger partial charge in [-0.05, 0) is 67.6 Å². The van der Waals surface area contributed by atoms with Gasteiger partial charge < -0.3 is 14.7 Å². The van der Waals surface area contributed by atoms with Crippen LogP contribution in [0.2, 0.25) is 0 Å². The Balaban J connectivity index is 1.58. The summed E-state index contributed by atoms with van der Waals surface area (Å²) in [5.41, 5.74) is 0.833. The van der Waals surface area contributed by atoms with Crippen LogP contribution in [0.5, 0.6) is 5.75 Å². The zero-order chi connectivity index (χ0) is 19.9. The van der Waals surface area contributed by atoms with E-state index in [9.17, 15) is 14.7 Å². The molecule has 0 spiro atoms. The molecule has 5 unspecified atom stereocenters. The number of carboxylic acid groups (broad SMARTS) is 1. The average Bonchev–Trinajstić information content (AvgIpc) is 3.29. The number of hydrogen-bond acceptors (Lipinski definition) is 3. The Morgan fingerprint density at radius 2 is 2.11 bits per heavy atom. The van der Waals surface area contributed by atoms with Gasteiger partial charge in [0.1, 0.15) is 5.75 Å². The first-order valence-corrected chi connectivity index (χ1v) is 10.6. The smallest absolute Gasteiger partial charge is 0.306 e. The number of benzene rings is 1. The fraction of sp³-hybridized carbons (Fsp3) is 0.652. The van der Waals surface area contributed by atoms with Crippen molar-refractivity contribution in [2.45, 2.75) is 45.4 Å². The molecule has 28 heavy (non-hydrogen) atoms. The third-order valence-electron chi connectivity index (χ3n) is 7.56. The van der Waals surface area contributed by atoms with Crippen molar-refractivity contribution < 1.29 is 19.4 Å². The number of amides is 1. The Morgan fingerprint density at radius 3 is 2.71 bits per heavy atom. The number of piperidine rings is 1. The maximum atomic E-state index is 13.8. The van der Waals surface area contributed by atoms with Crippen molar-refractivity contribution >= 4 is 11.9 Å². The minimum absolute atomic E-state index is 0.00246.